The van der Waals surface area contributed by atoms with Crippen LogP contribution < -0.4 is 9.47 Å². The van der Waals surface area contributed by atoms with Gasteiger partial charge in [0.25, 0.3) is 0 Å². The van der Waals surface area contributed by atoms with Gasteiger partial charge in [0.15, 0.2) is 11.5 Å². The number of hydrogen-bond acceptors (Lipinski definition) is 3. The molecule has 0 aliphatic carbocycles. The molecule has 0 amide bonds. The van der Waals surface area contributed by atoms with Crippen molar-refractivity contribution < 1.29 is 9.47 Å². The fraction of sp³-hybridized carbons (Fsp3) is 0.211. The van der Waals surface area contributed by atoms with Gasteiger partial charge in [0.2, 0.25) is 0 Å². The van der Waals surface area contributed by atoms with Gasteiger partial charge in [-0.15, -0.1) is 0 Å². The van der Waals surface area contributed by atoms with Crippen LogP contribution in [0.15, 0.2) is 42.5 Å². The van der Waals surface area contributed by atoms with E-state index in [-0.39, 0.29) is 0 Å². The van der Waals surface area contributed by atoms with Crippen molar-refractivity contribution in [2.75, 3.05) is 13.7 Å². The number of nitrogens with zero attached hydrogens (tertiary/aromatic N) is 1. The van der Waals surface area contributed by atoms with Crippen molar-refractivity contribution in [2.45, 2.75) is 13.8 Å². The van der Waals surface area contributed by atoms with Crippen LogP contribution in [0.5, 0.6) is 11.5 Å². The number of nitriles is 1. The van der Waals surface area contributed by atoms with Gasteiger partial charge in [-0.3, -0.25) is 0 Å². The zero-order chi connectivity index (χ0) is 15.9. The Hall–Kier alpha value is -2.73. The molecule has 0 aromatic heterocycles. The van der Waals surface area contributed by atoms with Gasteiger partial charge in [-0.05, 0) is 43.2 Å². The van der Waals surface area contributed by atoms with E-state index in [1.165, 1.54) is 5.56 Å². The second-order valence-corrected chi connectivity index (χ2v) is 4.88. The van der Waals surface area contributed by atoms with E-state index in [0.717, 1.165) is 11.1 Å². The van der Waals surface area contributed by atoms with Crippen LogP contribution in [-0.4, -0.2) is 13.7 Å². The summed E-state index contributed by atoms with van der Waals surface area (Å²) in [7, 11) is 1.61. The average Bonchev–Trinajstić information content (AvgIpc) is 2.55. The lowest BCUT2D eigenvalue weighted by atomic mass is 10.0. The summed E-state index contributed by atoms with van der Waals surface area (Å²) in [6.07, 6.45) is 1.85. The third-order valence-corrected chi connectivity index (χ3v) is 3.28. The van der Waals surface area contributed by atoms with Gasteiger partial charge in [0.1, 0.15) is 0 Å². The molecule has 0 fully saturated rings. The van der Waals surface area contributed by atoms with E-state index in [9.17, 15) is 5.26 Å². The van der Waals surface area contributed by atoms with Crippen molar-refractivity contribution in [2.24, 2.45) is 0 Å². The third-order valence-electron chi connectivity index (χ3n) is 3.28. The molecule has 0 N–H and O–H groups in total. The van der Waals surface area contributed by atoms with E-state index in [4.69, 9.17) is 9.47 Å². The predicted molar refractivity (Wildman–Crippen MR) is 88.8 cm³/mol. The molecule has 0 saturated heterocycles. The fourth-order valence-electron chi connectivity index (χ4n) is 2.13. The van der Waals surface area contributed by atoms with Crippen LogP contribution in [0.25, 0.3) is 11.6 Å². The normalized spacial score (nSPS) is 10.9. The summed E-state index contributed by atoms with van der Waals surface area (Å²) in [6.45, 7) is 4.54. The summed E-state index contributed by atoms with van der Waals surface area (Å²) >= 11 is 0. The molecule has 0 aliphatic heterocycles. The van der Waals surface area contributed by atoms with Crippen LogP contribution in [0.4, 0.5) is 0 Å². The maximum atomic E-state index is 9.40. The van der Waals surface area contributed by atoms with E-state index in [1.807, 2.05) is 62.4 Å². The van der Waals surface area contributed by atoms with Crippen molar-refractivity contribution in [3.63, 3.8) is 0 Å². The minimum Gasteiger partial charge on any atom is -0.493 e. The Morgan fingerprint density at radius 2 is 1.86 bits per heavy atom. The summed E-state index contributed by atoms with van der Waals surface area (Å²) in [5.74, 6) is 1.37. The molecule has 112 valence electrons. The molecule has 0 saturated carbocycles. The Kier molecular flexibility index (Phi) is 5.21. The van der Waals surface area contributed by atoms with Gasteiger partial charge in [0, 0.05) is 0 Å². The Morgan fingerprint density at radius 3 is 2.45 bits per heavy atom. The molecular formula is C19H19NO2. The Morgan fingerprint density at radius 1 is 1.14 bits per heavy atom. The molecular weight excluding hydrogens is 274 g/mol. The number of allylic oxidation sites excluding steroid dienone is 1. The van der Waals surface area contributed by atoms with Crippen molar-refractivity contribution in [1.29, 1.82) is 5.26 Å². The van der Waals surface area contributed by atoms with Crippen LogP contribution >= 0.6 is 0 Å². The largest absolute Gasteiger partial charge is 0.493 e. The highest BCUT2D eigenvalue weighted by atomic mass is 16.5. The molecule has 0 aliphatic rings. The second kappa shape index (κ2) is 7.33. The van der Waals surface area contributed by atoms with E-state index < -0.39 is 0 Å². The molecule has 0 atom stereocenters. The monoisotopic (exact) mass is 293 g/mol. The van der Waals surface area contributed by atoms with E-state index >= 15 is 0 Å². The number of rotatable bonds is 5. The Bertz CT molecular complexity index is 709. The van der Waals surface area contributed by atoms with Crippen LogP contribution in [0.1, 0.15) is 23.6 Å². The zero-order valence-corrected chi connectivity index (χ0v) is 13.1. The topological polar surface area (TPSA) is 42.2 Å². The first-order chi connectivity index (χ1) is 10.7. The minimum absolute atomic E-state index is 0.582. The lowest BCUT2D eigenvalue weighted by molar-refractivity contribution is 0.311. The molecule has 2 aromatic rings. The van der Waals surface area contributed by atoms with E-state index in [1.54, 1.807) is 7.11 Å². The molecule has 3 nitrogen and oxygen atoms in total. The maximum Gasteiger partial charge on any atom is 0.161 e. The summed E-state index contributed by atoms with van der Waals surface area (Å²) in [5, 5.41) is 9.40. The van der Waals surface area contributed by atoms with Crippen LogP contribution in [-0.2, 0) is 0 Å². The zero-order valence-electron chi connectivity index (χ0n) is 13.1. The molecule has 2 rings (SSSR count). The molecule has 2 aromatic carbocycles. The standard InChI is InChI=1S/C19H19NO2/c1-4-22-18-10-7-15(12-19(18)21-3)11-17(13-20)16-8-5-14(2)6-9-16/h5-12H,4H2,1-3H3/b17-11-. The molecule has 0 radical (unpaired) electrons. The molecule has 22 heavy (non-hydrogen) atoms. The second-order valence-electron chi connectivity index (χ2n) is 4.88. The van der Waals surface area contributed by atoms with Gasteiger partial charge in [-0.2, -0.15) is 5.26 Å². The van der Waals surface area contributed by atoms with Crippen molar-refractivity contribution in [1.82, 2.24) is 0 Å². The highest BCUT2D eigenvalue weighted by Crippen LogP contribution is 2.29. The number of hydrogen-bond donors (Lipinski definition) is 0. The van der Waals surface area contributed by atoms with Crippen molar-refractivity contribution >= 4 is 11.6 Å². The van der Waals surface area contributed by atoms with E-state index in [2.05, 4.69) is 6.07 Å². The van der Waals surface area contributed by atoms with Gasteiger partial charge in [-0.1, -0.05) is 35.9 Å². The van der Waals surface area contributed by atoms with Crippen LogP contribution in [0, 0.1) is 18.3 Å². The number of methoxy groups -OCH3 is 1. The molecule has 0 heterocycles. The molecule has 0 spiro atoms. The molecule has 3 heteroatoms. The summed E-state index contributed by atoms with van der Waals surface area (Å²) in [5.41, 5.74) is 3.59. The lowest BCUT2D eigenvalue weighted by Gasteiger charge is -2.10. The Labute approximate surface area is 131 Å². The van der Waals surface area contributed by atoms with Crippen LogP contribution in [0.2, 0.25) is 0 Å². The number of aryl methyl sites for hydroxylation is 1. The van der Waals surface area contributed by atoms with Gasteiger partial charge < -0.3 is 9.47 Å². The summed E-state index contributed by atoms with van der Waals surface area (Å²) in [6, 6.07) is 15.8. The smallest absolute Gasteiger partial charge is 0.161 e. The summed E-state index contributed by atoms with van der Waals surface area (Å²) < 4.78 is 10.8. The van der Waals surface area contributed by atoms with Crippen molar-refractivity contribution in [3.8, 4) is 17.6 Å². The summed E-state index contributed by atoms with van der Waals surface area (Å²) in [4.78, 5) is 0. The van der Waals surface area contributed by atoms with Crippen molar-refractivity contribution in [3.05, 3.63) is 59.2 Å². The van der Waals surface area contributed by atoms with Gasteiger partial charge in [-0.25, -0.2) is 0 Å². The maximum absolute atomic E-state index is 9.40. The van der Waals surface area contributed by atoms with Crippen LogP contribution in [0.3, 0.4) is 0 Å². The highest BCUT2D eigenvalue weighted by Gasteiger charge is 2.06. The third kappa shape index (κ3) is 3.67. The quantitative estimate of drug-likeness (QED) is 0.603. The first-order valence-electron chi connectivity index (χ1n) is 7.17. The Balaban J connectivity index is 2.37. The molecule has 0 bridgehead atoms. The highest BCUT2D eigenvalue weighted by molar-refractivity contribution is 5.89. The van der Waals surface area contributed by atoms with Gasteiger partial charge >= 0.3 is 0 Å². The number of ether oxygens (including phenoxy) is 2. The SMILES string of the molecule is CCOc1ccc(/C=C(/C#N)c2ccc(C)cc2)cc1OC. The lowest BCUT2D eigenvalue weighted by Crippen LogP contribution is -1.95. The first-order valence-corrected chi connectivity index (χ1v) is 7.17. The number of benzene rings is 2. The molecule has 0 unspecified atom stereocenters. The average molecular weight is 293 g/mol. The van der Waals surface area contributed by atoms with Gasteiger partial charge in [0.05, 0.1) is 25.4 Å². The van der Waals surface area contributed by atoms with E-state index in [0.29, 0.717) is 23.7 Å². The minimum atomic E-state index is 0.582. The fourth-order valence-corrected chi connectivity index (χ4v) is 2.13. The predicted octanol–water partition coefficient (Wildman–Crippen LogP) is 4.47. The first kappa shape index (κ1) is 15.7.